The minimum atomic E-state index is -0.303. The molecule has 3 rings (SSSR count). The van der Waals surface area contributed by atoms with Crippen LogP contribution in [0.4, 0.5) is 5.82 Å². The van der Waals surface area contributed by atoms with E-state index in [2.05, 4.69) is 20.6 Å². The van der Waals surface area contributed by atoms with Crippen LogP contribution in [-0.4, -0.2) is 37.4 Å². The summed E-state index contributed by atoms with van der Waals surface area (Å²) in [6.45, 7) is 0. The first kappa shape index (κ1) is 10.6. The second-order valence-corrected chi connectivity index (χ2v) is 5.27. The molecule has 1 fully saturated rings. The Kier molecular flexibility index (Phi) is 2.76. The fourth-order valence-electron chi connectivity index (χ4n) is 1.93. The zero-order valence-corrected chi connectivity index (χ0v) is 10.0. The minimum Gasteiger partial charge on any atom is -0.366 e. The standard InChI is InChI=1S/C10H13N5OS/c16-10-13-12-9-2-1-8(14-15(9)10)11-7-3-5-17-6-4-7/h1-2,7H,3-6H2,(H,11,14)(H,13,16). The summed E-state index contributed by atoms with van der Waals surface area (Å²) < 4.78 is 1.28. The van der Waals surface area contributed by atoms with Crippen molar-refractivity contribution in [2.75, 3.05) is 16.8 Å². The van der Waals surface area contributed by atoms with Gasteiger partial charge in [0.25, 0.3) is 0 Å². The van der Waals surface area contributed by atoms with E-state index in [1.165, 1.54) is 16.0 Å². The third-order valence-electron chi connectivity index (χ3n) is 2.85. The van der Waals surface area contributed by atoms with Crippen LogP contribution in [0.5, 0.6) is 0 Å². The monoisotopic (exact) mass is 251 g/mol. The largest absolute Gasteiger partial charge is 0.366 e. The smallest absolute Gasteiger partial charge is 0.364 e. The lowest BCUT2D eigenvalue weighted by atomic mass is 10.1. The van der Waals surface area contributed by atoms with Crippen LogP contribution < -0.4 is 11.0 Å². The molecule has 0 spiro atoms. The average Bonchev–Trinajstić information content (AvgIpc) is 2.73. The van der Waals surface area contributed by atoms with Crippen molar-refractivity contribution in [2.24, 2.45) is 0 Å². The molecule has 7 heteroatoms. The van der Waals surface area contributed by atoms with Gasteiger partial charge in [-0.25, -0.2) is 9.89 Å². The van der Waals surface area contributed by atoms with Crippen LogP contribution in [-0.2, 0) is 0 Å². The summed E-state index contributed by atoms with van der Waals surface area (Å²) in [7, 11) is 0. The molecule has 1 aliphatic rings. The van der Waals surface area contributed by atoms with Crippen molar-refractivity contribution in [3.63, 3.8) is 0 Å². The predicted octanol–water partition coefficient (Wildman–Crippen LogP) is 0.725. The molecule has 17 heavy (non-hydrogen) atoms. The molecule has 0 unspecified atom stereocenters. The van der Waals surface area contributed by atoms with Crippen LogP contribution in [0.1, 0.15) is 12.8 Å². The number of aromatic amines is 1. The Bertz CT molecular complexity index is 571. The van der Waals surface area contributed by atoms with Crippen molar-refractivity contribution in [3.05, 3.63) is 22.6 Å². The van der Waals surface area contributed by atoms with E-state index in [0.29, 0.717) is 11.7 Å². The van der Waals surface area contributed by atoms with Gasteiger partial charge in [-0.05, 0) is 36.5 Å². The molecule has 2 N–H and O–H groups in total. The maximum atomic E-state index is 11.4. The molecule has 0 aromatic carbocycles. The molecule has 0 saturated carbocycles. The molecular weight excluding hydrogens is 238 g/mol. The van der Waals surface area contributed by atoms with E-state index in [4.69, 9.17) is 0 Å². The van der Waals surface area contributed by atoms with E-state index in [9.17, 15) is 4.79 Å². The van der Waals surface area contributed by atoms with Gasteiger partial charge in [0, 0.05) is 6.04 Å². The highest BCUT2D eigenvalue weighted by molar-refractivity contribution is 7.99. The van der Waals surface area contributed by atoms with Crippen LogP contribution in [0.25, 0.3) is 5.65 Å². The Morgan fingerprint density at radius 3 is 3.06 bits per heavy atom. The molecule has 1 aliphatic heterocycles. The summed E-state index contributed by atoms with van der Waals surface area (Å²) in [6, 6.07) is 4.10. The molecule has 0 radical (unpaired) electrons. The molecule has 2 aromatic rings. The second-order valence-electron chi connectivity index (χ2n) is 4.05. The lowest BCUT2D eigenvalue weighted by Gasteiger charge is -2.22. The summed E-state index contributed by atoms with van der Waals surface area (Å²) in [6.07, 6.45) is 2.29. The Morgan fingerprint density at radius 2 is 2.24 bits per heavy atom. The van der Waals surface area contributed by atoms with Crippen LogP contribution in [0.15, 0.2) is 16.9 Å². The molecule has 3 heterocycles. The van der Waals surface area contributed by atoms with Crippen LogP contribution in [0.3, 0.4) is 0 Å². The van der Waals surface area contributed by atoms with Crippen LogP contribution in [0, 0.1) is 0 Å². The van der Waals surface area contributed by atoms with Gasteiger partial charge in [-0.1, -0.05) is 0 Å². The van der Waals surface area contributed by atoms with Gasteiger partial charge in [0.15, 0.2) is 5.65 Å². The fourth-order valence-corrected chi connectivity index (χ4v) is 3.04. The van der Waals surface area contributed by atoms with E-state index in [0.717, 1.165) is 18.7 Å². The third-order valence-corrected chi connectivity index (χ3v) is 3.90. The number of nitrogens with zero attached hydrogens (tertiary/aromatic N) is 3. The van der Waals surface area contributed by atoms with Gasteiger partial charge in [-0.3, -0.25) is 0 Å². The number of hydrogen-bond acceptors (Lipinski definition) is 5. The Morgan fingerprint density at radius 1 is 1.41 bits per heavy atom. The SMILES string of the molecule is O=c1[nH]nc2ccc(NC3CCSCC3)nn12. The average molecular weight is 251 g/mol. The number of hydrogen-bond donors (Lipinski definition) is 2. The first-order valence-corrected chi connectivity index (χ1v) is 6.77. The molecule has 6 nitrogen and oxygen atoms in total. The summed E-state index contributed by atoms with van der Waals surface area (Å²) in [5.74, 6) is 3.11. The highest BCUT2D eigenvalue weighted by Gasteiger charge is 2.14. The summed E-state index contributed by atoms with van der Waals surface area (Å²) >= 11 is 1.98. The number of fused-ring (bicyclic) bond motifs is 1. The molecular formula is C10H13N5OS. The van der Waals surface area contributed by atoms with Gasteiger partial charge in [0.1, 0.15) is 5.82 Å². The van der Waals surface area contributed by atoms with Gasteiger partial charge >= 0.3 is 5.69 Å². The highest BCUT2D eigenvalue weighted by atomic mass is 32.2. The Labute approximate surface area is 102 Å². The fraction of sp³-hybridized carbons (Fsp3) is 0.500. The molecule has 0 amide bonds. The van der Waals surface area contributed by atoms with E-state index >= 15 is 0 Å². The summed E-state index contributed by atoms with van der Waals surface area (Å²) in [5.41, 5.74) is 0.239. The normalized spacial score (nSPS) is 17.4. The quantitative estimate of drug-likeness (QED) is 0.823. The number of anilines is 1. The Balaban J connectivity index is 1.84. The van der Waals surface area contributed by atoms with E-state index < -0.39 is 0 Å². The highest BCUT2D eigenvalue weighted by Crippen LogP contribution is 2.19. The van der Waals surface area contributed by atoms with Gasteiger partial charge in [0.2, 0.25) is 0 Å². The first-order valence-electron chi connectivity index (χ1n) is 5.62. The Hall–Kier alpha value is -1.50. The number of rotatable bonds is 2. The van der Waals surface area contributed by atoms with Crippen molar-refractivity contribution in [1.82, 2.24) is 19.8 Å². The summed E-state index contributed by atoms with van der Waals surface area (Å²) in [5, 5.41) is 13.8. The third kappa shape index (κ3) is 2.14. The number of thioether (sulfide) groups is 1. The van der Waals surface area contributed by atoms with Gasteiger partial charge in [-0.2, -0.15) is 21.4 Å². The zero-order valence-electron chi connectivity index (χ0n) is 9.22. The van der Waals surface area contributed by atoms with Crippen molar-refractivity contribution in [1.29, 1.82) is 0 Å². The molecule has 2 aromatic heterocycles. The van der Waals surface area contributed by atoms with Crippen molar-refractivity contribution in [3.8, 4) is 0 Å². The van der Waals surface area contributed by atoms with Gasteiger partial charge < -0.3 is 5.32 Å². The van der Waals surface area contributed by atoms with Crippen LogP contribution >= 0.6 is 11.8 Å². The zero-order chi connectivity index (χ0) is 11.7. The number of H-pyrrole nitrogens is 1. The number of aromatic nitrogens is 4. The van der Waals surface area contributed by atoms with E-state index in [1.54, 1.807) is 6.07 Å². The van der Waals surface area contributed by atoms with Crippen molar-refractivity contribution in [2.45, 2.75) is 18.9 Å². The van der Waals surface area contributed by atoms with E-state index in [-0.39, 0.29) is 5.69 Å². The predicted molar refractivity (Wildman–Crippen MR) is 67.6 cm³/mol. The molecule has 1 saturated heterocycles. The van der Waals surface area contributed by atoms with Crippen LogP contribution in [0.2, 0.25) is 0 Å². The molecule has 0 atom stereocenters. The maximum Gasteiger partial charge on any atom is 0.364 e. The summed E-state index contributed by atoms with van der Waals surface area (Å²) in [4.78, 5) is 11.4. The maximum absolute atomic E-state index is 11.4. The van der Waals surface area contributed by atoms with Crippen molar-refractivity contribution >= 4 is 23.2 Å². The topological polar surface area (TPSA) is 75.1 Å². The lowest BCUT2D eigenvalue weighted by molar-refractivity contribution is 0.660. The van der Waals surface area contributed by atoms with Gasteiger partial charge in [-0.15, -0.1) is 5.10 Å². The lowest BCUT2D eigenvalue weighted by Crippen LogP contribution is -2.25. The first-order chi connectivity index (χ1) is 8.33. The number of nitrogens with one attached hydrogen (secondary N) is 2. The van der Waals surface area contributed by atoms with E-state index in [1.807, 2.05) is 17.8 Å². The van der Waals surface area contributed by atoms with Crippen molar-refractivity contribution < 1.29 is 0 Å². The molecule has 0 bridgehead atoms. The van der Waals surface area contributed by atoms with Gasteiger partial charge in [0.05, 0.1) is 0 Å². The second kappa shape index (κ2) is 4.40. The molecule has 90 valence electrons. The minimum absolute atomic E-state index is 0.303. The molecule has 0 aliphatic carbocycles.